The number of aliphatic hydroxyl groups is 1. The summed E-state index contributed by atoms with van der Waals surface area (Å²) in [6, 6.07) is 9.83. The van der Waals surface area contributed by atoms with E-state index in [1.54, 1.807) is 50.2 Å². The number of esters is 1. The highest BCUT2D eigenvalue weighted by Gasteiger charge is 2.46. The van der Waals surface area contributed by atoms with E-state index in [4.69, 9.17) is 14.5 Å². The van der Waals surface area contributed by atoms with Crippen molar-refractivity contribution in [2.75, 3.05) is 39.5 Å². The Kier molecular flexibility index (Phi) is 16.2. The summed E-state index contributed by atoms with van der Waals surface area (Å²) >= 11 is 0. The summed E-state index contributed by atoms with van der Waals surface area (Å²) in [7, 11) is 0. The number of cyclic esters (lactones) is 1. The van der Waals surface area contributed by atoms with E-state index < -0.39 is 103 Å². The fraction of sp³-hybridized carbons (Fsp3) is 0.404. The molecule has 3 aliphatic heterocycles. The normalized spacial score (nSPS) is 17.4. The molecule has 3 unspecified atom stereocenters. The smallest absolute Gasteiger partial charge is 0.343 e. The maximum atomic E-state index is 15.4. The van der Waals surface area contributed by atoms with Crippen molar-refractivity contribution in [3.8, 4) is 11.4 Å². The quantitative estimate of drug-likeness (QED) is 0.0212. The Labute approximate surface area is 428 Å². The largest absolute Gasteiger partial charge is 0.458 e. The number of pyridine rings is 2. The summed E-state index contributed by atoms with van der Waals surface area (Å²) in [4.78, 5) is 133. The van der Waals surface area contributed by atoms with Crippen LogP contribution in [0.3, 0.4) is 0 Å². The SMILES string of the molecule is CCC1(O)C(=O)OCc2c1cc1n(c2=O)Cc2c-1nc1cc(F)c(C)c3c1c2C(NC(=O)COCNC(=O)CNC(=O)C(Cc1ccccc1)NC(=O)CNC(=O)CNC(=O)CCCCCN1C(=O)C=CC1=O)CC3. The van der Waals surface area contributed by atoms with Gasteiger partial charge in [0.15, 0.2) is 5.60 Å². The van der Waals surface area contributed by atoms with Crippen molar-refractivity contribution in [2.24, 2.45) is 0 Å². The van der Waals surface area contributed by atoms with Gasteiger partial charge in [-0.25, -0.2) is 14.2 Å². The number of amides is 8. The Hall–Kier alpha value is -8.18. The van der Waals surface area contributed by atoms with Crippen LogP contribution < -0.4 is 37.5 Å². The van der Waals surface area contributed by atoms with Crippen molar-refractivity contribution in [3.63, 3.8) is 0 Å². The summed E-state index contributed by atoms with van der Waals surface area (Å²) in [5.74, 6) is -5.79. The van der Waals surface area contributed by atoms with Crippen LogP contribution in [0.4, 0.5) is 4.39 Å². The molecule has 8 rings (SSSR count). The number of fused-ring (bicyclic) bond motifs is 5. The summed E-state index contributed by atoms with van der Waals surface area (Å²) in [5.41, 5.74) is 1.84. The number of rotatable bonds is 22. The van der Waals surface area contributed by atoms with E-state index in [9.17, 15) is 53.1 Å². The molecule has 8 amide bonds. The molecule has 23 heteroatoms. The second-order valence-electron chi connectivity index (χ2n) is 18.6. The Balaban J connectivity index is 0.805. The molecule has 1 aliphatic carbocycles. The molecule has 0 radical (unpaired) electrons. The van der Waals surface area contributed by atoms with E-state index in [1.165, 1.54) is 22.8 Å². The number of aryl methyl sites for hydroxylation is 1. The highest BCUT2D eigenvalue weighted by atomic mass is 19.1. The number of benzene rings is 2. The van der Waals surface area contributed by atoms with Crippen LogP contribution in [0.5, 0.6) is 0 Å². The van der Waals surface area contributed by atoms with Gasteiger partial charge in [-0.15, -0.1) is 0 Å². The van der Waals surface area contributed by atoms with E-state index in [0.717, 1.165) is 10.5 Å². The topological polar surface area (TPSA) is 303 Å². The Bertz CT molecular complexity index is 3090. The van der Waals surface area contributed by atoms with Gasteiger partial charge in [0.05, 0.1) is 54.7 Å². The molecule has 0 spiro atoms. The zero-order chi connectivity index (χ0) is 53.6. The monoisotopic (exact) mass is 1030 g/mol. The fourth-order valence-corrected chi connectivity index (χ4v) is 9.76. The number of hydrogen-bond acceptors (Lipinski definition) is 14. The fourth-order valence-electron chi connectivity index (χ4n) is 9.76. The average Bonchev–Trinajstić information content (AvgIpc) is 3.98. The molecule has 0 saturated heterocycles. The molecule has 7 N–H and O–H groups in total. The van der Waals surface area contributed by atoms with Gasteiger partial charge in [-0.2, -0.15) is 0 Å². The van der Waals surface area contributed by atoms with Crippen LogP contribution in [0.15, 0.2) is 59.4 Å². The van der Waals surface area contributed by atoms with Crippen molar-refractivity contribution < 1.29 is 62.1 Å². The number of unbranched alkanes of at least 4 members (excludes halogenated alkanes) is 2. The van der Waals surface area contributed by atoms with Crippen LogP contribution in [0, 0.1) is 12.7 Å². The lowest BCUT2D eigenvalue weighted by atomic mass is 9.81. The molecule has 5 heterocycles. The van der Waals surface area contributed by atoms with Crippen LogP contribution >= 0.6 is 0 Å². The molecule has 0 saturated carbocycles. The molecule has 22 nitrogen and oxygen atoms in total. The molecule has 3 atom stereocenters. The molecule has 2 aromatic heterocycles. The predicted molar refractivity (Wildman–Crippen MR) is 263 cm³/mol. The summed E-state index contributed by atoms with van der Waals surface area (Å²) in [5, 5.41) is 27.4. The van der Waals surface area contributed by atoms with Crippen LogP contribution in [-0.2, 0) is 84.2 Å². The van der Waals surface area contributed by atoms with Crippen LogP contribution in [0.25, 0.3) is 22.3 Å². The number of imide groups is 1. The standard InChI is InChI=1S/C52H56FN9O13/c1-3-52(73)33-19-38-48-31(24-62(38)50(71)32(33)25-75-51(52)72)47-35(14-13-30-28(2)34(53)20-36(60-48)46(30)47)58-43(67)26-74-27-57-41(65)22-56-49(70)37(18-29-10-6-4-7-11-29)59-42(66)23-55-40(64)21-54-39(63)12-8-5-9-17-61-44(68)15-16-45(61)69/h4,6-7,10-11,15-16,19-20,35,37,73H,3,5,8-9,12-14,17-18,21-27H2,1-2H3,(H,54,63)(H,55,64)(H,56,70)(H,57,65)(H,58,67)(H,59,66). The minimum atomic E-state index is -2.05. The lowest BCUT2D eigenvalue weighted by Crippen LogP contribution is -2.52. The zero-order valence-corrected chi connectivity index (χ0v) is 41.2. The molecule has 2 aromatic carbocycles. The summed E-state index contributed by atoms with van der Waals surface area (Å²) in [6.45, 7) is 0.880. The van der Waals surface area contributed by atoms with Gasteiger partial charge in [0.2, 0.25) is 35.4 Å². The van der Waals surface area contributed by atoms with Gasteiger partial charge in [-0.1, -0.05) is 43.7 Å². The highest BCUT2D eigenvalue weighted by molar-refractivity contribution is 6.12. The number of carbonyl (C=O) groups excluding carboxylic acids is 9. The molecule has 4 aliphatic rings. The predicted octanol–water partition coefficient (Wildman–Crippen LogP) is 0.282. The summed E-state index contributed by atoms with van der Waals surface area (Å²) < 4.78 is 27.5. The maximum absolute atomic E-state index is 15.4. The van der Waals surface area contributed by atoms with Crippen LogP contribution in [-0.4, -0.2) is 118 Å². The van der Waals surface area contributed by atoms with E-state index in [0.29, 0.717) is 76.6 Å². The third-order valence-corrected chi connectivity index (χ3v) is 13.8. The molecular formula is C52H56FN9O13. The van der Waals surface area contributed by atoms with Gasteiger partial charge in [0, 0.05) is 54.1 Å². The third kappa shape index (κ3) is 11.6. The molecule has 0 bridgehead atoms. The van der Waals surface area contributed by atoms with E-state index in [-0.39, 0.29) is 61.9 Å². The van der Waals surface area contributed by atoms with E-state index >= 15 is 4.39 Å². The summed E-state index contributed by atoms with van der Waals surface area (Å²) in [6.07, 6.45) is 4.82. The first-order chi connectivity index (χ1) is 36.0. The van der Waals surface area contributed by atoms with Gasteiger partial charge in [-0.3, -0.25) is 48.1 Å². The number of halogens is 1. The van der Waals surface area contributed by atoms with Crippen LogP contribution in [0.2, 0.25) is 0 Å². The van der Waals surface area contributed by atoms with Crippen molar-refractivity contribution in [2.45, 2.75) is 96.1 Å². The number of carbonyl (C=O) groups is 9. The van der Waals surface area contributed by atoms with Gasteiger partial charge in [0.25, 0.3) is 17.4 Å². The molecular weight excluding hydrogens is 978 g/mol. The Morgan fingerprint density at radius 1 is 0.867 bits per heavy atom. The lowest BCUT2D eigenvalue weighted by Gasteiger charge is -2.31. The average molecular weight is 1030 g/mol. The van der Waals surface area contributed by atoms with Gasteiger partial charge in [-0.05, 0) is 67.3 Å². The highest BCUT2D eigenvalue weighted by Crippen LogP contribution is 2.46. The van der Waals surface area contributed by atoms with Crippen molar-refractivity contribution >= 4 is 64.1 Å². The molecule has 4 aromatic rings. The van der Waals surface area contributed by atoms with Gasteiger partial charge >= 0.3 is 5.97 Å². The number of ether oxygens (including phenoxy) is 2. The number of hydrogen-bond donors (Lipinski definition) is 7. The minimum Gasteiger partial charge on any atom is -0.458 e. The van der Waals surface area contributed by atoms with E-state index in [1.807, 2.05) is 0 Å². The Morgan fingerprint density at radius 2 is 1.57 bits per heavy atom. The Morgan fingerprint density at radius 3 is 2.32 bits per heavy atom. The second kappa shape index (κ2) is 22.9. The van der Waals surface area contributed by atoms with Crippen LogP contribution in [0.1, 0.15) is 90.4 Å². The minimum absolute atomic E-state index is 0.0366. The van der Waals surface area contributed by atoms with Crippen molar-refractivity contribution in [1.29, 1.82) is 0 Å². The molecule has 75 heavy (non-hydrogen) atoms. The zero-order valence-electron chi connectivity index (χ0n) is 41.2. The second-order valence-corrected chi connectivity index (χ2v) is 18.6. The number of nitrogens with one attached hydrogen (secondary N) is 6. The number of nitrogens with zero attached hydrogens (tertiary/aromatic N) is 3. The first kappa shape index (κ1) is 53.1. The maximum Gasteiger partial charge on any atom is 0.343 e. The van der Waals surface area contributed by atoms with Gasteiger partial charge < -0.3 is 51.0 Å². The molecule has 0 fully saturated rings. The van der Waals surface area contributed by atoms with Crippen molar-refractivity contribution in [1.82, 2.24) is 46.4 Å². The lowest BCUT2D eigenvalue weighted by molar-refractivity contribution is -0.172. The first-order valence-electron chi connectivity index (χ1n) is 24.6. The molecule has 394 valence electrons. The van der Waals surface area contributed by atoms with E-state index in [2.05, 4.69) is 31.9 Å². The first-order valence-corrected chi connectivity index (χ1v) is 24.6. The number of aromatic nitrogens is 2. The van der Waals surface area contributed by atoms with Gasteiger partial charge in [0.1, 0.15) is 31.8 Å². The third-order valence-electron chi connectivity index (χ3n) is 13.8. The van der Waals surface area contributed by atoms with Crippen molar-refractivity contribution in [3.05, 3.63) is 110 Å².